The Morgan fingerprint density at radius 3 is 1.47 bits per heavy atom. The fourth-order valence-corrected chi connectivity index (χ4v) is 15.2. The molecule has 21 heteroatoms. The molecule has 13 rings (SSSR count). The van der Waals surface area contributed by atoms with Gasteiger partial charge in [-0.15, -0.1) is 38.7 Å². The first-order valence-electron chi connectivity index (χ1n) is 31.0. The monoisotopic (exact) mass is 1270 g/mol. The molecule has 3 aliphatic rings. The molecule has 0 aliphatic carbocycles. The molecule has 0 saturated carbocycles. The smallest absolute Gasteiger partial charge is 0.270 e. The second-order valence-electron chi connectivity index (χ2n) is 23.4. The van der Waals surface area contributed by atoms with Crippen molar-refractivity contribution in [2.75, 3.05) is 62.2 Å². The standard InChI is InChI=1S/C23H25F2N3OS.C23H26FN3OS.C23H24N6OS/c1-14-6-7-17-15(2)21(30-23(17)27-14)22(29)26-9-8-16-12-19(25)20(13-18(16)24)28-10-4-3-5-11-28;1-15-6-8-18-16(2)21(29-23(18)26-15)22(28)25-11-10-17-7-9-20(19(24)14-17)27-12-4-3-5-13-27;1-15-3-8-19-16(2)21(31-23(19)27-15)22(30)25-10-9-17-4-6-18(7-5-17)28-14-26-29-12-11-24-13-20(28)29/h6-7,12-13H,3-5,8-11H2,1-2H3,(H,26,29);6-9,14H,3-5,10-13H2,1-2H3,(H,25,28);3-8,14,24H,9-13H2,1-2H3/p+1. The van der Waals surface area contributed by atoms with Crippen LogP contribution < -0.4 is 35.6 Å². The summed E-state index contributed by atoms with van der Waals surface area (Å²) < 4.78 is 47.9. The Hall–Kier alpha value is -8.11. The maximum atomic E-state index is 14.6. The number of nitrogens with zero attached hydrogens (tertiary/aromatic N) is 8. The van der Waals surface area contributed by atoms with Gasteiger partial charge in [0.25, 0.3) is 29.9 Å². The number of fused-ring (bicyclic) bond motifs is 4. The van der Waals surface area contributed by atoms with E-state index >= 15 is 0 Å². The van der Waals surface area contributed by atoms with Crippen molar-refractivity contribution in [1.82, 2.24) is 46.0 Å². The molecule has 4 N–H and O–H groups in total. The lowest BCUT2D eigenvalue weighted by atomic mass is 10.1. The summed E-state index contributed by atoms with van der Waals surface area (Å²) in [5.74, 6) is -0.158. The van der Waals surface area contributed by atoms with Crippen molar-refractivity contribution in [3.63, 3.8) is 0 Å². The third-order valence-corrected chi connectivity index (χ3v) is 20.5. The molecule has 3 amide bonds. The molecule has 90 heavy (non-hydrogen) atoms. The van der Waals surface area contributed by atoms with Gasteiger partial charge in [0, 0.05) is 96.8 Å². The average molecular weight is 1270 g/mol. The van der Waals surface area contributed by atoms with Crippen LogP contribution in [0.1, 0.15) is 124 Å². The first-order valence-corrected chi connectivity index (χ1v) is 33.5. The second kappa shape index (κ2) is 28.8. The summed E-state index contributed by atoms with van der Waals surface area (Å²) in [6, 6.07) is 28.4. The van der Waals surface area contributed by atoms with Crippen LogP contribution in [0.25, 0.3) is 36.3 Å². The van der Waals surface area contributed by atoms with Crippen molar-refractivity contribution in [2.45, 2.75) is 112 Å². The third kappa shape index (κ3) is 14.7. The summed E-state index contributed by atoms with van der Waals surface area (Å²) in [5.41, 5.74) is 10.2. The number of pyridine rings is 3. The Balaban J connectivity index is 0.000000139. The van der Waals surface area contributed by atoms with E-state index in [0.29, 0.717) is 40.6 Å². The van der Waals surface area contributed by atoms with Crippen molar-refractivity contribution in [2.24, 2.45) is 0 Å². The van der Waals surface area contributed by atoms with Gasteiger partial charge in [0.2, 0.25) is 0 Å². The first kappa shape index (κ1) is 63.5. The van der Waals surface area contributed by atoms with Gasteiger partial charge < -0.3 is 31.1 Å². The van der Waals surface area contributed by atoms with Gasteiger partial charge >= 0.3 is 0 Å². The number of piperidine rings is 2. The van der Waals surface area contributed by atoms with Crippen LogP contribution in [-0.4, -0.2) is 94.8 Å². The van der Waals surface area contributed by atoms with Gasteiger partial charge in [0.05, 0.1) is 32.6 Å². The third-order valence-electron chi connectivity index (χ3n) is 16.9. The number of carbonyl (C=O) groups is 3. The van der Waals surface area contributed by atoms with Crippen molar-refractivity contribution < 1.29 is 32.1 Å². The number of benzene rings is 3. The van der Waals surface area contributed by atoms with Crippen molar-refractivity contribution >= 4 is 93.8 Å². The van der Waals surface area contributed by atoms with Gasteiger partial charge in [-0.25, -0.2) is 28.1 Å². The van der Waals surface area contributed by atoms with Gasteiger partial charge in [0.15, 0.2) is 0 Å². The summed E-state index contributed by atoms with van der Waals surface area (Å²) in [7, 11) is 0. The molecule has 7 aromatic heterocycles. The number of rotatable bonds is 15. The fourth-order valence-electron chi connectivity index (χ4n) is 11.8. The van der Waals surface area contributed by atoms with E-state index < -0.39 is 11.6 Å². The first-order chi connectivity index (χ1) is 43.6. The summed E-state index contributed by atoms with van der Waals surface area (Å²) in [6.07, 6.45) is 10.1. The van der Waals surface area contributed by atoms with Gasteiger partial charge in [-0.3, -0.25) is 14.4 Å². The van der Waals surface area contributed by atoms with E-state index in [1.807, 2.05) is 106 Å². The lowest BCUT2D eigenvalue weighted by molar-refractivity contribution is -0.606. The predicted octanol–water partition coefficient (Wildman–Crippen LogP) is 12.6. The molecule has 0 atom stereocenters. The number of aryl methyl sites for hydroxylation is 6. The summed E-state index contributed by atoms with van der Waals surface area (Å²) in [4.78, 5) is 60.2. The topological polar surface area (TPSA) is 166 Å². The van der Waals surface area contributed by atoms with E-state index in [9.17, 15) is 27.6 Å². The lowest BCUT2D eigenvalue weighted by Crippen LogP contribution is -2.41. The zero-order valence-electron chi connectivity index (χ0n) is 51.8. The highest BCUT2D eigenvalue weighted by molar-refractivity contribution is 7.21. The molecule has 468 valence electrons. The van der Waals surface area contributed by atoms with Gasteiger partial charge in [0.1, 0.15) is 44.2 Å². The van der Waals surface area contributed by atoms with E-state index in [0.717, 1.165) is 171 Å². The molecule has 0 unspecified atom stereocenters. The zero-order chi connectivity index (χ0) is 63.0. The Kier molecular flexibility index (Phi) is 20.3. The minimum absolute atomic E-state index is 0.0238. The molecular formula is C69H76F3N12O3S3+. The van der Waals surface area contributed by atoms with Crippen LogP contribution in [0.5, 0.6) is 0 Å². The van der Waals surface area contributed by atoms with E-state index in [1.165, 1.54) is 58.1 Å². The maximum Gasteiger partial charge on any atom is 0.270 e. The van der Waals surface area contributed by atoms with Crippen molar-refractivity contribution in [1.29, 1.82) is 0 Å². The molecule has 10 aromatic rings. The number of anilines is 2. The van der Waals surface area contributed by atoms with E-state index in [1.54, 1.807) is 6.07 Å². The fraction of sp³-hybridized carbons (Fsp3) is 0.362. The Morgan fingerprint density at radius 1 is 0.511 bits per heavy atom. The van der Waals surface area contributed by atoms with Crippen LogP contribution in [-0.2, 0) is 32.4 Å². The molecule has 2 fully saturated rings. The van der Waals surface area contributed by atoms with Gasteiger partial charge in [-0.2, -0.15) is 4.57 Å². The number of hydrogen-bond donors (Lipinski definition) is 4. The number of halogens is 3. The van der Waals surface area contributed by atoms with Crippen LogP contribution >= 0.6 is 34.0 Å². The lowest BCUT2D eigenvalue weighted by Gasteiger charge is -2.29. The van der Waals surface area contributed by atoms with Crippen LogP contribution in [0.4, 0.5) is 24.5 Å². The van der Waals surface area contributed by atoms with Crippen LogP contribution in [0.3, 0.4) is 0 Å². The molecule has 3 aromatic carbocycles. The van der Waals surface area contributed by atoms with Gasteiger partial charge in [-0.1, -0.05) is 18.2 Å². The van der Waals surface area contributed by atoms with Crippen LogP contribution in [0.15, 0.2) is 97.3 Å². The molecule has 0 bridgehead atoms. The van der Waals surface area contributed by atoms with E-state index in [2.05, 4.69) is 75.1 Å². The number of amides is 3. The number of aromatic nitrogens is 6. The zero-order valence-corrected chi connectivity index (χ0v) is 54.3. The second-order valence-corrected chi connectivity index (χ2v) is 26.4. The minimum Gasteiger partial charge on any atom is -0.369 e. The number of nitrogens with one attached hydrogen (secondary N) is 4. The van der Waals surface area contributed by atoms with Crippen LogP contribution in [0, 0.1) is 59.0 Å². The normalized spacial score (nSPS) is 14.0. The van der Waals surface area contributed by atoms with E-state index in [-0.39, 0.29) is 42.1 Å². The highest BCUT2D eigenvalue weighted by Crippen LogP contribution is 2.33. The van der Waals surface area contributed by atoms with Crippen LogP contribution in [0.2, 0.25) is 0 Å². The highest BCUT2D eigenvalue weighted by Gasteiger charge is 2.25. The van der Waals surface area contributed by atoms with Gasteiger partial charge in [-0.05, 0) is 199 Å². The molecule has 0 radical (unpaired) electrons. The van der Waals surface area contributed by atoms with Crippen molar-refractivity contribution in [3.8, 4) is 5.69 Å². The number of carbonyl (C=O) groups excluding carboxylic acids is 3. The molecular weight excluding hydrogens is 1200 g/mol. The summed E-state index contributed by atoms with van der Waals surface area (Å²) in [5, 5.41) is 19.8. The Bertz CT molecular complexity index is 4240. The average Bonchev–Trinajstić information content (AvgIpc) is 1.74. The highest BCUT2D eigenvalue weighted by atomic mass is 32.1. The predicted molar refractivity (Wildman–Crippen MR) is 356 cm³/mol. The van der Waals surface area contributed by atoms with E-state index in [4.69, 9.17) is 0 Å². The maximum absolute atomic E-state index is 14.6. The summed E-state index contributed by atoms with van der Waals surface area (Å²) >= 11 is 4.24. The van der Waals surface area contributed by atoms with Crippen molar-refractivity contribution in [3.05, 3.63) is 186 Å². The Labute approximate surface area is 534 Å². The molecule has 10 heterocycles. The number of thiophene rings is 3. The number of hydrogen-bond acceptors (Lipinski definition) is 13. The minimum atomic E-state index is -0.427. The molecule has 15 nitrogen and oxygen atoms in total. The molecule has 2 saturated heterocycles. The molecule has 3 aliphatic heterocycles. The summed E-state index contributed by atoms with van der Waals surface area (Å²) in [6.45, 7) is 19.0. The Morgan fingerprint density at radius 2 is 0.967 bits per heavy atom. The molecule has 0 spiro atoms. The SMILES string of the molecule is Cc1ccc2c(C)c(C(=O)NCCc3cc(F)c(N4CCCCC4)cc3F)sc2n1.Cc1ccc2c(C)c(C(=O)NCCc3ccc(-[n+]4cnn5c4CNCC5)cc3)sc2n1.Cc1ccc2c(C)c(C(=O)NCCc3ccc(N4CCCCC4)c(F)c3)sc2n1. The quantitative estimate of drug-likeness (QED) is 0.0726. The largest absolute Gasteiger partial charge is 0.369 e.